The van der Waals surface area contributed by atoms with E-state index in [9.17, 15) is 9.18 Å². The molecule has 0 unspecified atom stereocenters. The summed E-state index contributed by atoms with van der Waals surface area (Å²) in [6.07, 6.45) is 0. The number of carbonyl (C=O) groups is 1. The molecule has 0 atom stereocenters. The normalized spacial score (nSPS) is 10.4. The van der Waals surface area contributed by atoms with Crippen LogP contribution in [0.15, 0.2) is 16.7 Å². The van der Waals surface area contributed by atoms with Crippen LogP contribution in [-0.2, 0) is 6.54 Å². The van der Waals surface area contributed by atoms with E-state index in [1.54, 1.807) is 6.92 Å². The van der Waals surface area contributed by atoms with Crippen molar-refractivity contribution in [2.75, 3.05) is 11.1 Å². The topological polar surface area (TPSA) is 114 Å². The van der Waals surface area contributed by atoms with E-state index in [1.807, 2.05) is 0 Å². The number of hydrogen-bond donors (Lipinski definition) is 3. The Morgan fingerprint density at radius 3 is 2.89 bits per heavy atom. The molecule has 2 aromatic rings. The van der Waals surface area contributed by atoms with Crippen molar-refractivity contribution in [3.05, 3.63) is 35.2 Å². The molecule has 0 amide bonds. The van der Waals surface area contributed by atoms with Crippen LogP contribution in [0.25, 0.3) is 0 Å². The van der Waals surface area contributed by atoms with Gasteiger partial charge in [-0.25, -0.2) is 9.18 Å². The number of nitrogens with one attached hydrogen (secondary N) is 1. The SMILES string of the molecule is Cc1nc(CNc2cc(F)c(C(=O)O)cc2N)no1. The number of carboxylic acid groups (broad SMARTS) is 1. The molecule has 2 rings (SSSR count). The number of aryl methyl sites for hydroxylation is 1. The molecule has 19 heavy (non-hydrogen) atoms. The lowest BCUT2D eigenvalue weighted by Gasteiger charge is -2.09. The van der Waals surface area contributed by atoms with Gasteiger partial charge in [-0.15, -0.1) is 0 Å². The molecule has 1 heterocycles. The number of nitrogen functional groups attached to an aromatic ring is 1. The molecular formula is C11H11FN4O3. The molecule has 8 heteroatoms. The number of anilines is 2. The molecule has 100 valence electrons. The van der Waals surface area contributed by atoms with Crippen LogP contribution in [0.3, 0.4) is 0 Å². The first-order valence-electron chi connectivity index (χ1n) is 5.32. The summed E-state index contributed by atoms with van der Waals surface area (Å²) in [4.78, 5) is 14.7. The second-order valence-corrected chi connectivity index (χ2v) is 3.81. The van der Waals surface area contributed by atoms with Crippen molar-refractivity contribution < 1.29 is 18.8 Å². The van der Waals surface area contributed by atoms with Crippen LogP contribution in [0.5, 0.6) is 0 Å². The lowest BCUT2D eigenvalue weighted by atomic mass is 10.1. The van der Waals surface area contributed by atoms with Gasteiger partial charge in [-0.3, -0.25) is 0 Å². The Kier molecular flexibility index (Phi) is 3.32. The summed E-state index contributed by atoms with van der Waals surface area (Å²) >= 11 is 0. The standard InChI is InChI=1S/C11H11FN4O3/c1-5-15-10(16-19-5)4-14-9-3-7(12)6(11(17)18)2-8(9)13/h2-3,14H,4,13H2,1H3,(H,17,18). The monoisotopic (exact) mass is 266 g/mol. The van der Waals surface area contributed by atoms with Gasteiger partial charge >= 0.3 is 5.97 Å². The van der Waals surface area contributed by atoms with Crippen LogP contribution in [0.1, 0.15) is 22.1 Å². The minimum Gasteiger partial charge on any atom is -0.478 e. The minimum absolute atomic E-state index is 0.124. The zero-order valence-electron chi connectivity index (χ0n) is 9.98. The third-order valence-electron chi connectivity index (χ3n) is 2.38. The van der Waals surface area contributed by atoms with E-state index in [-0.39, 0.29) is 17.9 Å². The molecule has 1 aromatic carbocycles. The van der Waals surface area contributed by atoms with Gasteiger partial charge in [0.25, 0.3) is 0 Å². The largest absolute Gasteiger partial charge is 0.478 e. The summed E-state index contributed by atoms with van der Waals surface area (Å²) in [5.41, 5.74) is 5.56. The van der Waals surface area contributed by atoms with Crippen LogP contribution in [0, 0.1) is 12.7 Å². The van der Waals surface area contributed by atoms with E-state index in [4.69, 9.17) is 15.4 Å². The van der Waals surface area contributed by atoms with Crippen molar-refractivity contribution in [3.63, 3.8) is 0 Å². The Morgan fingerprint density at radius 1 is 1.58 bits per heavy atom. The Labute approximate surface area is 107 Å². The Bertz CT molecular complexity index is 626. The van der Waals surface area contributed by atoms with E-state index < -0.39 is 17.3 Å². The molecule has 0 saturated heterocycles. The van der Waals surface area contributed by atoms with E-state index in [2.05, 4.69) is 15.5 Å². The Morgan fingerprint density at radius 2 is 2.32 bits per heavy atom. The second kappa shape index (κ2) is 4.92. The molecule has 0 bridgehead atoms. The van der Waals surface area contributed by atoms with E-state index >= 15 is 0 Å². The molecule has 0 aliphatic carbocycles. The summed E-state index contributed by atoms with van der Waals surface area (Å²) in [7, 11) is 0. The van der Waals surface area contributed by atoms with Crippen molar-refractivity contribution in [2.24, 2.45) is 0 Å². The number of rotatable bonds is 4. The minimum atomic E-state index is -1.37. The van der Waals surface area contributed by atoms with Crippen molar-refractivity contribution >= 4 is 17.3 Å². The van der Waals surface area contributed by atoms with Gasteiger partial charge in [0.1, 0.15) is 5.82 Å². The van der Waals surface area contributed by atoms with E-state index in [1.165, 1.54) is 0 Å². The molecule has 0 aliphatic rings. The van der Waals surface area contributed by atoms with Crippen molar-refractivity contribution in [1.29, 1.82) is 0 Å². The average Bonchev–Trinajstić information content (AvgIpc) is 2.75. The third kappa shape index (κ3) is 2.79. The summed E-state index contributed by atoms with van der Waals surface area (Å²) < 4.78 is 18.3. The Hall–Kier alpha value is -2.64. The highest BCUT2D eigenvalue weighted by Crippen LogP contribution is 2.23. The van der Waals surface area contributed by atoms with Gasteiger partial charge in [0.15, 0.2) is 5.82 Å². The molecular weight excluding hydrogens is 255 g/mol. The van der Waals surface area contributed by atoms with Crippen LogP contribution in [0.4, 0.5) is 15.8 Å². The summed E-state index contributed by atoms with van der Waals surface area (Å²) in [5.74, 6) is -1.44. The first kappa shape index (κ1) is 12.8. The molecule has 4 N–H and O–H groups in total. The van der Waals surface area contributed by atoms with Crippen LogP contribution in [0.2, 0.25) is 0 Å². The maximum Gasteiger partial charge on any atom is 0.338 e. The van der Waals surface area contributed by atoms with Crippen molar-refractivity contribution in [2.45, 2.75) is 13.5 Å². The van der Waals surface area contributed by atoms with Gasteiger partial charge < -0.3 is 20.7 Å². The van der Waals surface area contributed by atoms with Crippen molar-refractivity contribution in [3.8, 4) is 0 Å². The van der Waals surface area contributed by atoms with Crippen LogP contribution in [-0.4, -0.2) is 21.2 Å². The molecule has 0 radical (unpaired) electrons. The van der Waals surface area contributed by atoms with Gasteiger partial charge in [-0.2, -0.15) is 4.98 Å². The molecule has 0 saturated carbocycles. The lowest BCUT2D eigenvalue weighted by molar-refractivity contribution is 0.0692. The zero-order chi connectivity index (χ0) is 14.0. The predicted octanol–water partition coefficient (Wildman–Crippen LogP) is 1.41. The highest BCUT2D eigenvalue weighted by atomic mass is 19.1. The molecule has 0 spiro atoms. The van der Waals surface area contributed by atoms with Gasteiger partial charge in [0.05, 0.1) is 23.5 Å². The van der Waals surface area contributed by atoms with Gasteiger partial charge in [-0.05, 0) is 12.1 Å². The summed E-state index contributed by atoms with van der Waals surface area (Å²) in [6, 6.07) is 2.08. The maximum absolute atomic E-state index is 13.5. The first-order valence-corrected chi connectivity index (χ1v) is 5.32. The maximum atomic E-state index is 13.5. The van der Waals surface area contributed by atoms with Gasteiger partial charge in [0, 0.05) is 6.92 Å². The Balaban J connectivity index is 2.17. The quantitative estimate of drug-likeness (QED) is 0.716. The van der Waals surface area contributed by atoms with E-state index in [0.29, 0.717) is 11.7 Å². The fourth-order valence-corrected chi connectivity index (χ4v) is 1.49. The lowest BCUT2D eigenvalue weighted by Crippen LogP contribution is -2.08. The summed E-state index contributed by atoms with van der Waals surface area (Å²) in [5, 5.41) is 15.2. The highest BCUT2D eigenvalue weighted by Gasteiger charge is 2.14. The fourth-order valence-electron chi connectivity index (χ4n) is 1.49. The zero-order valence-corrected chi connectivity index (χ0v) is 9.98. The molecule has 1 aromatic heterocycles. The molecule has 0 aliphatic heterocycles. The second-order valence-electron chi connectivity index (χ2n) is 3.81. The van der Waals surface area contributed by atoms with Crippen molar-refractivity contribution in [1.82, 2.24) is 10.1 Å². The molecule has 0 fully saturated rings. The van der Waals surface area contributed by atoms with Gasteiger partial charge in [0.2, 0.25) is 5.89 Å². The smallest absolute Gasteiger partial charge is 0.338 e. The third-order valence-corrected chi connectivity index (χ3v) is 2.38. The number of carboxylic acids is 1. The number of nitrogens with two attached hydrogens (primary N) is 1. The first-order chi connectivity index (χ1) is 8.97. The number of aromatic nitrogens is 2. The van der Waals surface area contributed by atoms with Crippen LogP contribution >= 0.6 is 0 Å². The van der Waals surface area contributed by atoms with Crippen LogP contribution < -0.4 is 11.1 Å². The fraction of sp³-hybridized carbons (Fsp3) is 0.182. The van der Waals surface area contributed by atoms with E-state index in [0.717, 1.165) is 12.1 Å². The highest BCUT2D eigenvalue weighted by molar-refractivity contribution is 5.90. The number of nitrogens with zero attached hydrogens (tertiary/aromatic N) is 2. The number of halogens is 1. The summed E-state index contributed by atoms with van der Waals surface area (Å²) in [6.45, 7) is 1.83. The average molecular weight is 266 g/mol. The van der Waals surface area contributed by atoms with Gasteiger partial charge in [-0.1, -0.05) is 5.16 Å². The number of benzene rings is 1. The predicted molar refractivity (Wildman–Crippen MR) is 64.1 cm³/mol. The number of aromatic carboxylic acids is 1. The molecule has 7 nitrogen and oxygen atoms in total. The number of hydrogen-bond acceptors (Lipinski definition) is 6.